The van der Waals surface area contributed by atoms with Gasteiger partial charge in [-0.2, -0.15) is 0 Å². The maximum atomic E-state index is 2.49. The van der Waals surface area contributed by atoms with Gasteiger partial charge in [-0.05, 0) is 128 Å². The molecule has 3 heteroatoms. The van der Waals surface area contributed by atoms with Crippen LogP contribution in [0.4, 0.5) is 17.1 Å². The summed E-state index contributed by atoms with van der Waals surface area (Å²) < 4.78 is 5.07. The van der Waals surface area contributed by atoms with E-state index in [4.69, 9.17) is 0 Å². The molecule has 1 spiro atoms. The normalized spacial score (nSPS) is 13.3. The average molecular weight is 805 g/mol. The molecule has 2 aliphatic carbocycles. The third kappa shape index (κ3) is 4.42. The van der Waals surface area contributed by atoms with Gasteiger partial charge in [-0.1, -0.05) is 146 Å². The number of nitrogens with zero attached hydrogens (tertiary/aromatic N) is 2. The monoisotopic (exact) mass is 804 g/mol. The van der Waals surface area contributed by atoms with E-state index in [1.807, 2.05) is 11.3 Å². The largest absolute Gasteiger partial charge is 0.310 e. The van der Waals surface area contributed by atoms with E-state index in [0.29, 0.717) is 0 Å². The van der Waals surface area contributed by atoms with Crippen molar-refractivity contribution in [3.63, 3.8) is 0 Å². The number of thiophene rings is 1. The Labute approximate surface area is 362 Å². The SMILES string of the molecule is c1ccc(N(c2ccccc2)c2ccc3c(c2)sc2ccc(-c4ccc5c6c4ccc4c6c6c(cccc6n4-c4ccccc4)C54c5ccccc5-c5ccccc54)cc23)cc1. The van der Waals surface area contributed by atoms with Gasteiger partial charge in [0.15, 0.2) is 0 Å². The lowest BCUT2D eigenvalue weighted by Crippen LogP contribution is -2.30. The van der Waals surface area contributed by atoms with Crippen LogP contribution in [0.5, 0.6) is 0 Å². The molecule has 10 aromatic carbocycles. The van der Waals surface area contributed by atoms with E-state index in [1.165, 1.54) is 103 Å². The predicted octanol–water partition coefficient (Wildman–Crippen LogP) is 16.1. The van der Waals surface area contributed by atoms with Gasteiger partial charge in [0, 0.05) is 53.7 Å². The molecule has 0 saturated carbocycles. The van der Waals surface area contributed by atoms with Crippen molar-refractivity contribution in [2.75, 3.05) is 4.90 Å². The number of hydrogen-bond donors (Lipinski definition) is 0. The molecule has 2 nitrogen and oxygen atoms in total. The molecule has 0 aliphatic heterocycles. The van der Waals surface area contributed by atoms with Crippen molar-refractivity contribution in [1.82, 2.24) is 4.57 Å². The standard InChI is InChI=1S/C59H36N2S/c1-4-15-38(16-5-1)60(39-17-6-2-7-18-39)41-28-29-45-47-35-37(27-34-54(47)62-55(45)36-41)42-30-32-51-56-46(42)31-33-53-58(56)57-50(25-14-26-52(57)61(53)40-19-8-3-9-20-40)59(51)48-23-12-10-21-43(48)44-22-11-13-24-49(44)59/h1-36H. The summed E-state index contributed by atoms with van der Waals surface area (Å²) in [6, 6.07) is 81.3. The Hall–Kier alpha value is -7.72. The predicted molar refractivity (Wildman–Crippen MR) is 262 cm³/mol. The fraction of sp³-hybridized carbons (Fsp3) is 0.0169. The third-order valence-corrected chi connectivity index (χ3v) is 14.9. The van der Waals surface area contributed by atoms with Gasteiger partial charge in [0.25, 0.3) is 0 Å². The van der Waals surface area contributed by atoms with Crippen LogP contribution in [-0.2, 0) is 5.41 Å². The summed E-state index contributed by atoms with van der Waals surface area (Å²) in [5, 5.41) is 7.92. The van der Waals surface area contributed by atoms with Gasteiger partial charge in [-0.15, -0.1) is 11.3 Å². The number of para-hydroxylation sites is 3. The van der Waals surface area contributed by atoms with Gasteiger partial charge in [-0.3, -0.25) is 0 Å². The number of hydrogen-bond acceptors (Lipinski definition) is 2. The summed E-state index contributed by atoms with van der Waals surface area (Å²) in [6.07, 6.45) is 0. The fourth-order valence-electron chi connectivity index (χ4n) is 11.4. The molecule has 2 aliphatic rings. The first kappa shape index (κ1) is 34.0. The Balaban J connectivity index is 1.02. The average Bonchev–Trinajstić information content (AvgIpc) is 3.98. The van der Waals surface area contributed by atoms with Gasteiger partial charge < -0.3 is 9.47 Å². The van der Waals surface area contributed by atoms with E-state index in [9.17, 15) is 0 Å². The molecule has 0 N–H and O–H groups in total. The lowest BCUT2D eigenvalue weighted by molar-refractivity contribution is 0.783. The Kier molecular flexibility index (Phi) is 6.95. The molecule has 2 heterocycles. The van der Waals surface area contributed by atoms with Crippen LogP contribution < -0.4 is 4.90 Å². The van der Waals surface area contributed by atoms with Crippen molar-refractivity contribution in [3.05, 3.63) is 241 Å². The van der Waals surface area contributed by atoms with Crippen molar-refractivity contribution < 1.29 is 0 Å². The van der Waals surface area contributed by atoms with E-state index in [0.717, 1.165) is 17.1 Å². The number of benzene rings is 10. The van der Waals surface area contributed by atoms with Crippen LogP contribution in [0.25, 0.3) is 80.7 Å². The highest BCUT2D eigenvalue weighted by Gasteiger charge is 2.50. The van der Waals surface area contributed by atoms with Crippen molar-refractivity contribution in [2.24, 2.45) is 0 Å². The summed E-state index contributed by atoms with van der Waals surface area (Å²) in [6.45, 7) is 0. The zero-order chi connectivity index (χ0) is 40.5. The van der Waals surface area contributed by atoms with E-state index in [1.54, 1.807) is 0 Å². The number of rotatable bonds is 5. The smallest absolute Gasteiger partial charge is 0.0726 e. The van der Waals surface area contributed by atoms with Crippen molar-refractivity contribution >= 4 is 81.1 Å². The first-order valence-electron chi connectivity index (χ1n) is 21.4. The van der Waals surface area contributed by atoms with Crippen molar-refractivity contribution in [2.45, 2.75) is 5.41 Å². The molecular formula is C59H36N2S. The van der Waals surface area contributed by atoms with Gasteiger partial charge in [0.05, 0.1) is 16.4 Å². The molecule has 0 fully saturated rings. The zero-order valence-electron chi connectivity index (χ0n) is 33.6. The van der Waals surface area contributed by atoms with Crippen molar-refractivity contribution in [3.8, 4) is 27.9 Å². The number of aromatic nitrogens is 1. The second-order valence-corrected chi connectivity index (χ2v) is 17.8. The molecule has 0 unspecified atom stereocenters. The minimum absolute atomic E-state index is 0.466. The van der Waals surface area contributed by atoms with Crippen LogP contribution in [0.15, 0.2) is 218 Å². The van der Waals surface area contributed by atoms with Gasteiger partial charge in [-0.25, -0.2) is 0 Å². The van der Waals surface area contributed by atoms with Gasteiger partial charge >= 0.3 is 0 Å². The summed E-state index contributed by atoms with van der Waals surface area (Å²) in [7, 11) is 0. The van der Waals surface area contributed by atoms with Crippen LogP contribution in [-0.4, -0.2) is 4.57 Å². The Morgan fingerprint density at radius 1 is 0.355 bits per heavy atom. The summed E-state index contributed by atoms with van der Waals surface area (Å²) >= 11 is 1.88. The lowest BCUT2D eigenvalue weighted by atomic mass is 9.63. The first-order chi connectivity index (χ1) is 30.8. The Bertz CT molecular complexity index is 3720. The van der Waals surface area contributed by atoms with E-state index in [2.05, 4.69) is 228 Å². The molecule has 62 heavy (non-hydrogen) atoms. The molecule has 0 bridgehead atoms. The quantitative estimate of drug-likeness (QED) is 0.168. The molecule has 0 atom stereocenters. The Morgan fingerprint density at radius 3 is 1.69 bits per heavy atom. The summed E-state index contributed by atoms with van der Waals surface area (Å²) in [5.41, 5.74) is 17.2. The second kappa shape index (κ2) is 12.7. The van der Waals surface area contributed by atoms with Crippen LogP contribution >= 0.6 is 11.3 Å². The van der Waals surface area contributed by atoms with Crippen LogP contribution in [0, 0.1) is 0 Å². The molecule has 288 valence electrons. The van der Waals surface area contributed by atoms with Crippen LogP contribution in [0.2, 0.25) is 0 Å². The fourth-order valence-corrected chi connectivity index (χ4v) is 12.5. The summed E-state index contributed by atoms with van der Waals surface area (Å²) in [5.74, 6) is 0. The highest BCUT2D eigenvalue weighted by Crippen LogP contribution is 2.62. The van der Waals surface area contributed by atoms with Gasteiger partial charge in [0.2, 0.25) is 0 Å². The Morgan fingerprint density at radius 2 is 0.968 bits per heavy atom. The molecule has 12 aromatic rings. The molecule has 14 rings (SSSR count). The van der Waals surface area contributed by atoms with E-state index >= 15 is 0 Å². The minimum atomic E-state index is -0.466. The van der Waals surface area contributed by atoms with Crippen molar-refractivity contribution in [1.29, 1.82) is 0 Å². The molecule has 0 radical (unpaired) electrons. The molecule has 2 aromatic heterocycles. The topological polar surface area (TPSA) is 8.17 Å². The van der Waals surface area contributed by atoms with Crippen LogP contribution in [0.3, 0.4) is 0 Å². The zero-order valence-corrected chi connectivity index (χ0v) is 34.4. The van der Waals surface area contributed by atoms with Crippen LogP contribution in [0.1, 0.15) is 22.3 Å². The first-order valence-corrected chi connectivity index (χ1v) is 22.2. The molecule has 0 saturated heterocycles. The number of fused-ring (bicyclic) bond motifs is 10. The maximum absolute atomic E-state index is 2.49. The maximum Gasteiger partial charge on any atom is 0.0726 e. The number of anilines is 3. The van der Waals surface area contributed by atoms with E-state index < -0.39 is 5.41 Å². The summed E-state index contributed by atoms with van der Waals surface area (Å²) in [4.78, 5) is 2.35. The molecular weight excluding hydrogens is 769 g/mol. The third-order valence-electron chi connectivity index (χ3n) is 13.8. The lowest BCUT2D eigenvalue weighted by Gasteiger charge is -2.38. The highest BCUT2D eigenvalue weighted by atomic mass is 32.1. The van der Waals surface area contributed by atoms with E-state index in [-0.39, 0.29) is 0 Å². The highest BCUT2D eigenvalue weighted by molar-refractivity contribution is 7.25. The molecule has 0 amide bonds. The minimum Gasteiger partial charge on any atom is -0.310 e. The van der Waals surface area contributed by atoms with Gasteiger partial charge in [0.1, 0.15) is 0 Å². The second-order valence-electron chi connectivity index (χ2n) is 16.8.